The van der Waals surface area contributed by atoms with Gasteiger partial charge in [-0.1, -0.05) is 30.0 Å². The molecule has 1 rings (SSSR count). The second kappa shape index (κ2) is 4.46. The van der Waals surface area contributed by atoms with E-state index in [-0.39, 0.29) is 5.25 Å². The highest BCUT2D eigenvalue weighted by Gasteiger charge is 2.24. The van der Waals surface area contributed by atoms with Crippen molar-refractivity contribution in [1.82, 2.24) is 10.2 Å². The fourth-order valence-electron chi connectivity index (χ4n) is 0.654. The van der Waals surface area contributed by atoms with Gasteiger partial charge in [0.1, 0.15) is 0 Å². The van der Waals surface area contributed by atoms with E-state index in [0.29, 0.717) is 0 Å². The van der Waals surface area contributed by atoms with Crippen molar-refractivity contribution in [2.75, 3.05) is 12.4 Å². The molecule has 1 unspecified atom stereocenters. The molecule has 0 aliphatic carbocycles. The first-order chi connectivity index (χ1) is 6.43. The van der Waals surface area contributed by atoms with Crippen LogP contribution in [0, 0.1) is 0 Å². The monoisotopic (exact) mass is 233 g/mol. The maximum Gasteiger partial charge on any atom is 0.206 e. The molecule has 1 aromatic heterocycles. The molecule has 0 radical (unpaired) electrons. The van der Waals surface area contributed by atoms with Crippen LogP contribution >= 0.6 is 23.1 Å². The Morgan fingerprint density at radius 3 is 2.57 bits per heavy atom. The summed E-state index contributed by atoms with van der Waals surface area (Å²) in [4.78, 5) is 0. The third kappa shape index (κ3) is 3.11. The zero-order valence-electron chi connectivity index (χ0n) is 8.74. The Morgan fingerprint density at radius 1 is 1.50 bits per heavy atom. The van der Waals surface area contributed by atoms with Crippen molar-refractivity contribution in [3.63, 3.8) is 0 Å². The zero-order valence-corrected chi connectivity index (χ0v) is 10.4. The molecule has 4 nitrogen and oxygen atoms in total. The maximum atomic E-state index is 9.73. The highest BCUT2D eigenvalue weighted by molar-refractivity contribution is 8.01. The summed E-state index contributed by atoms with van der Waals surface area (Å²) < 4.78 is 0.879. The Hall–Kier alpha value is -0.330. The van der Waals surface area contributed by atoms with Crippen molar-refractivity contribution in [1.29, 1.82) is 0 Å². The molecule has 0 saturated heterocycles. The van der Waals surface area contributed by atoms with Crippen LogP contribution in [0.4, 0.5) is 5.13 Å². The van der Waals surface area contributed by atoms with Crippen molar-refractivity contribution < 1.29 is 5.11 Å². The lowest BCUT2D eigenvalue weighted by Crippen LogP contribution is -2.30. The van der Waals surface area contributed by atoms with Crippen LogP contribution in [0.15, 0.2) is 4.34 Å². The minimum Gasteiger partial charge on any atom is -0.389 e. The number of rotatable bonds is 4. The second-order valence-corrected chi connectivity index (χ2v) is 6.10. The van der Waals surface area contributed by atoms with E-state index in [1.807, 2.05) is 14.0 Å². The van der Waals surface area contributed by atoms with Gasteiger partial charge < -0.3 is 10.4 Å². The summed E-state index contributed by atoms with van der Waals surface area (Å²) in [5.74, 6) is 0. The van der Waals surface area contributed by atoms with Crippen LogP contribution in [-0.4, -0.2) is 33.2 Å². The molecular weight excluding hydrogens is 218 g/mol. The van der Waals surface area contributed by atoms with E-state index in [1.165, 1.54) is 11.3 Å². The van der Waals surface area contributed by atoms with Crippen LogP contribution in [0.1, 0.15) is 20.8 Å². The summed E-state index contributed by atoms with van der Waals surface area (Å²) in [7, 11) is 1.81. The third-order valence-corrected chi connectivity index (χ3v) is 4.38. The molecule has 0 aliphatic heterocycles. The van der Waals surface area contributed by atoms with E-state index in [9.17, 15) is 5.11 Å². The van der Waals surface area contributed by atoms with Crippen molar-refractivity contribution in [3.8, 4) is 0 Å². The van der Waals surface area contributed by atoms with E-state index in [4.69, 9.17) is 0 Å². The molecule has 0 saturated carbocycles. The summed E-state index contributed by atoms with van der Waals surface area (Å²) >= 11 is 3.04. The Balaban J connectivity index is 2.60. The average Bonchev–Trinajstić information content (AvgIpc) is 2.50. The summed E-state index contributed by atoms with van der Waals surface area (Å²) in [6.45, 7) is 5.57. The summed E-state index contributed by atoms with van der Waals surface area (Å²) in [5.41, 5.74) is -0.698. The predicted octanol–water partition coefficient (Wildman–Crippen LogP) is 1.83. The molecule has 0 aliphatic rings. The minimum atomic E-state index is -0.698. The Bertz CT molecular complexity index is 295. The smallest absolute Gasteiger partial charge is 0.206 e. The van der Waals surface area contributed by atoms with Crippen LogP contribution in [0.25, 0.3) is 0 Å². The number of hydrogen-bond acceptors (Lipinski definition) is 6. The van der Waals surface area contributed by atoms with Gasteiger partial charge in [-0.3, -0.25) is 0 Å². The molecule has 0 bridgehead atoms. The molecule has 80 valence electrons. The van der Waals surface area contributed by atoms with E-state index >= 15 is 0 Å². The fourth-order valence-corrected chi connectivity index (χ4v) is 2.63. The van der Waals surface area contributed by atoms with Gasteiger partial charge in [0.15, 0.2) is 4.34 Å². The lowest BCUT2D eigenvalue weighted by atomic mass is 10.1. The highest BCUT2D eigenvalue weighted by atomic mass is 32.2. The number of aromatic nitrogens is 2. The zero-order chi connectivity index (χ0) is 10.8. The molecule has 2 N–H and O–H groups in total. The third-order valence-electron chi connectivity index (χ3n) is 1.89. The average molecular weight is 233 g/mol. The minimum absolute atomic E-state index is 0.0974. The molecule has 0 aromatic carbocycles. The second-order valence-electron chi connectivity index (χ2n) is 3.54. The first-order valence-electron chi connectivity index (χ1n) is 4.33. The van der Waals surface area contributed by atoms with Gasteiger partial charge in [-0.15, -0.1) is 10.2 Å². The molecule has 14 heavy (non-hydrogen) atoms. The van der Waals surface area contributed by atoms with Crippen LogP contribution in [0.2, 0.25) is 0 Å². The van der Waals surface area contributed by atoms with Gasteiger partial charge in [0, 0.05) is 12.3 Å². The molecule has 6 heteroatoms. The molecule has 1 atom stereocenters. The number of nitrogens with zero attached hydrogens (tertiary/aromatic N) is 2. The Morgan fingerprint density at radius 2 is 2.14 bits per heavy atom. The Kier molecular flexibility index (Phi) is 3.74. The number of aliphatic hydroxyl groups is 1. The van der Waals surface area contributed by atoms with Gasteiger partial charge in [-0.05, 0) is 13.8 Å². The van der Waals surface area contributed by atoms with Gasteiger partial charge in [0.05, 0.1) is 5.60 Å². The van der Waals surface area contributed by atoms with Gasteiger partial charge in [-0.25, -0.2) is 0 Å². The largest absolute Gasteiger partial charge is 0.389 e. The van der Waals surface area contributed by atoms with Gasteiger partial charge in [-0.2, -0.15) is 0 Å². The summed E-state index contributed by atoms with van der Waals surface area (Å²) in [5, 5.41) is 21.5. The summed E-state index contributed by atoms with van der Waals surface area (Å²) in [6.07, 6.45) is 0. The van der Waals surface area contributed by atoms with Gasteiger partial charge >= 0.3 is 0 Å². The van der Waals surface area contributed by atoms with Crippen LogP contribution in [-0.2, 0) is 0 Å². The molecule has 1 heterocycles. The molecule has 1 aromatic rings. The van der Waals surface area contributed by atoms with E-state index < -0.39 is 5.60 Å². The first-order valence-corrected chi connectivity index (χ1v) is 6.03. The SMILES string of the molecule is CNc1nnc(SC(C)C(C)(C)O)s1. The predicted molar refractivity (Wildman–Crippen MR) is 61.1 cm³/mol. The standard InChI is InChI=1S/C8H15N3OS2/c1-5(8(2,3)12)13-7-11-10-6(9-4)14-7/h5,12H,1-4H3,(H,9,10). The van der Waals surface area contributed by atoms with Gasteiger partial charge in [0.2, 0.25) is 5.13 Å². The maximum absolute atomic E-state index is 9.73. The molecular formula is C8H15N3OS2. The van der Waals surface area contributed by atoms with E-state index in [1.54, 1.807) is 25.6 Å². The lowest BCUT2D eigenvalue weighted by molar-refractivity contribution is 0.0824. The molecule has 0 spiro atoms. The fraction of sp³-hybridized carbons (Fsp3) is 0.750. The quantitative estimate of drug-likeness (QED) is 0.777. The van der Waals surface area contributed by atoms with Crippen molar-refractivity contribution >= 4 is 28.2 Å². The van der Waals surface area contributed by atoms with Crippen molar-refractivity contribution in [2.24, 2.45) is 0 Å². The van der Waals surface area contributed by atoms with E-state index in [2.05, 4.69) is 15.5 Å². The number of hydrogen-bond donors (Lipinski definition) is 2. The van der Waals surface area contributed by atoms with E-state index in [0.717, 1.165) is 9.47 Å². The topological polar surface area (TPSA) is 58.0 Å². The van der Waals surface area contributed by atoms with Crippen LogP contribution < -0.4 is 5.32 Å². The van der Waals surface area contributed by atoms with Crippen LogP contribution in [0.5, 0.6) is 0 Å². The van der Waals surface area contributed by atoms with Crippen molar-refractivity contribution in [2.45, 2.75) is 36.0 Å². The number of anilines is 1. The molecule has 0 fully saturated rings. The van der Waals surface area contributed by atoms with Crippen molar-refractivity contribution in [3.05, 3.63) is 0 Å². The molecule has 0 amide bonds. The number of nitrogens with one attached hydrogen (secondary N) is 1. The normalized spacial score (nSPS) is 14.1. The van der Waals surface area contributed by atoms with Crippen LogP contribution in [0.3, 0.4) is 0 Å². The first kappa shape index (κ1) is 11.7. The van der Waals surface area contributed by atoms with Gasteiger partial charge in [0.25, 0.3) is 0 Å². The summed E-state index contributed by atoms with van der Waals surface area (Å²) in [6, 6.07) is 0. The Labute approximate surface area is 92.1 Å². The lowest BCUT2D eigenvalue weighted by Gasteiger charge is -2.23. The number of thioether (sulfide) groups is 1. The highest BCUT2D eigenvalue weighted by Crippen LogP contribution is 2.32.